The molecule has 3 rings (SSSR count). The molecule has 0 aliphatic carbocycles. The highest BCUT2D eigenvalue weighted by Crippen LogP contribution is 2.15. The summed E-state index contributed by atoms with van der Waals surface area (Å²) in [7, 11) is 0. The van der Waals surface area contributed by atoms with Crippen molar-refractivity contribution in [1.82, 2.24) is 10.2 Å². The van der Waals surface area contributed by atoms with Crippen LogP contribution in [-0.4, -0.2) is 42.3 Å². The van der Waals surface area contributed by atoms with Crippen LogP contribution in [0.15, 0.2) is 24.3 Å². The first-order valence-corrected chi connectivity index (χ1v) is 12.5. The molecule has 2 fully saturated rings. The maximum absolute atomic E-state index is 12.8. The quantitative estimate of drug-likeness (QED) is 0.686. The smallest absolute Gasteiger partial charge is 0.253 e. The molecule has 2 aliphatic heterocycles. The van der Waals surface area contributed by atoms with Crippen molar-refractivity contribution in [3.05, 3.63) is 35.4 Å². The normalized spacial score (nSPS) is 19.0. The fraction of sp³-hybridized carbons (Fsp3) is 0.654. The van der Waals surface area contributed by atoms with Gasteiger partial charge in [0.05, 0.1) is 0 Å². The molecule has 0 unspecified atom stereocenters. The summed E-state index contributed by atoms with van der Waals surface area (Å²) in [6.45, 7) is 2.55. The lowest BCUT2D eigenvalue weighted by atomic mass is 10.1. The van der Waals surface area contributed by atoms with E-state index in [-0.39, 0.29) is 11.8 Å². The van der Waals surface area contributed by atoms with Crippen LogP contribution in [0.3, 0.4) is 0 Å². The summed E-state index contributed by atoms with van der Waals surface area (Å²) in [5, 5.41) is 2.81. The van der Waals surface area contributed by atoms with E-state index in [1.165, 1.54) is 57.8 Å². The first-order chi connectivity index (χ1) is 15.6. The molecule has 3 amide bonds. The van der Waals surface area contributed by atoms with Crippen LogP contribution in [0.4, 0.5) is 0 Å². The fourth-order valence-electron chi connectivity index (χ4n) is 4.20. The Morgan fingerprint density at radius 2 is 1.16 bits per heavy atom. The van der Waals surface area contributed by atoms with E-state index in [1.807, 2.05) is 4.90 Å². The Bertz CT molecular complexity index is 679. The summed E-state index contributed by atoms with van der Waals surface area (Å²) in [6.07, 6.45) is 16.6. The molecular weight excluding hydrogens is 402 g/mol. The molecule has 1 aromatic rings. The SMILES string of the molecule is NC(=O)c1ccc(C(=O)N2CCCCCCCCCCCC2)cc1.O=C1CCCCCN1. The van der Waals surface area contributed by atoms with E-state index >= 15 is 0 Å². The second-order valence-corrected chi connectivity index (χ2v) is 8.93. The van der Waals surface area contributed by atoms with Crippen molar-refractivity contribution in [2.24, 2.45) is 5.73 Å². The minimum atomic E-state index is -0.462. The van der Waals surface area contributed by atoms with Gasteiger partial charge >= 0.3 is 0 Å². The van der Waals surface area contributed by atoms with Crippen LogP contribution in [0.5, 0.6) is 0 Å². The van der Waals surface area contributed by atoms with Crippen molar-refractivity contribution in [3.8, 4) is 0 Å². The zero-order chi connectivity index (χ0) is 23.0. The van der Waals surface area contributed by atoms with Crippen molar-refractivity contribution in [1.29, 1.82) is 0 Å². The Morgan fingerprint density at radius 1 is 0.688 bits per heavy atom. The first-order valence-electron chi connectivity index (χ1n) is 12.5. The third kappa shape index (κ3) is 10.3. The molecule has 1 aromatic carbocycles. The van der Waals surface area contributed by atoms with Gasteiger partial charge in [0.1, 0.15) is 0 Å². The maximum Gasteiger partial charge on any atom is 0.253 e. The molecule has 32 heavy (non-hydrogen) atoms. The van der Waals surface area contributed by atoms with Crippen molar-refractivity contribution in [2.75, 3.05) is 19.6 Å². The second-order valence-electron chi connectivity index (χ2n) is 8.93. The van der Waals surface area contributed by atoms with E-state index < -0.39 is 5.91 Å². The largest absolute Gasteiger partial charge is 0.366 e. The van der Waals surface area contributed by atoms with Crippen LogP contribution < -0.4 is 11.1 Å². The monoisotopic (exact) mass is 443 g/mol. The zero-order valence-corrected chi connectivity index (χ0v) is 19.6. The predicted molar refractivity (Wildman–Crippen MR) is 129 cm³/mol. The Balaban J connectivity index is 0.000000380. The number of rotatable bonds is 2. The minimum absolute atomic E-state index is 0.0703. The summed E-state index contributed by atoms with van der Waals surface area (Å²) >= 11 is 0. The van der Waals surface area contributed by atoms with Gasteiger partial charge in [0.15, 0.2) is 0 Å². The van der Waals surface area contributed by atoms with Crippen LogP contribution in [0.1, 0.15) is 111 Å². The van der Waals surface area contributed by atoms with Gasteiger partial charge in [-0.25, -0.2) is 0 Å². The molecule has 0 atom stereocenters. The molecular formula is C26H41N3O3. The van der Waals surface area contributed by atoms with Gasteiger partial charge in [0, 0.05) is 37.2 Å². The van der Waals surface area contributed by atoms with E-state index in [2.05, 4.69) is 5.32 Å². The summed E-state index contributed by atoms with van der Waals surface area (Å²) in [6, 6.07) is 6.69. The molecule has 0 aromatic heterocycles. The number of nitrogens with two attached hydrogens (primary N) is 1. The van der Waals surface area contributed by atoms with Gasteiger partial charge in [-0.05, 0) is 49.9 Å². The van der Waals surface area contributed by atoms with Crippen molar-refractivity contribution in [2.45, 2.75) is 89.9 Å². The standard InChI is InChI=1S/C20H30N2O2.C6H11NO/c21-19(23)17-11-13-18(14-12-17)20(24)22-15-9-7-5-3-1-2-4-6-8-10-16-22;8-6-4-2-1-3-5-7-6/h11-14H,1-10,15-16H2,(H2,21,23);1-5H2,(H,7,8). The summed E-state index contributed by atoms with van der Waals surface area (Å²) in [4.78, 5) is 36.5. The number of amides is 3. The third-order valence-electron chi connectivity index (χ3n) is 6.21. The van der Waals surface area contributed by atoms with Crippen LogP contribution in [0.2, 0.25) is 0 Å². The predicted octanol–water partition coefficient (Wildman–Crippen LogP) is 4.82. The molecule has 178 valence electrons. The zero-order valence-electron chi connectivity index (χ0n) is 19.6. The molecule has 0 bridgehead atoms. The van der Waals surface area contributed by atoms with Gasteiger partial charge in [0.2, 0.25) is 11.8 Å². The topological polar surface area (TPSA) is 92.5 Å². The number of carbonyl (C=O) groups is 3. The van der Waals surface area contributed by atoms with E-state index in [9.17, 15) is 14.4 Å². The minimum Gasteiger partial charge on any atom is -0.366 e. The molecule has 0 spiro atoms. The number of benzene rings is 1. The van der Waals surface area contributed by atoms with E-state index in [1.54, 1.807) is 24.3 Å². The Morgan fingerprint density at radius 3 is 1.69 bits per heavy atom. The molecule has 2 heterocycles. The van der Waals surface area contributed by atoms with Crippen LogP contribution in [-0.2, 0) is 4.79 Å². The van der Waals surface area contributed by atoms with Gasteiger partial charge in [-0.15, -0.1) is 0 Å². The van der Waals surface area contributed by atoms with Crippen molar-refractivity contribution >= 4 is 17.7 Å². The lowest BCUT2D eigenvalue weighted by Crippen LogP contribution is -2.33. The first kappa shape index (κ1) is 25.9. The second kappa shape index (κ2) is 15.4. The van der Waals surface area contributed by atoms with Crippen LogP contribution in [0, 0.1) is 0 Å². The number of hydrogen-bond acceptors (Lipinski definition) is 3. The lowest BCUT2D eigenvalue weighted by molar-refractivity contribution is -0.120. The highest BCUT2D eigenvalue weighted by Gasteiger charge is 2.16. The van der Waals surface area contributed by atoms with Gasteiger partial charge in [-0.3, -0.25) is 14.4 Å². The summed E-state index contributed by atoms with van der Waals surface area (Å²) in [5.74, 6) is -0.167. The molecule has 2 aliphatic rings. The average molecular weight is 444 g/mol. The van der Waals surface area contributed by atoms with Gasteiger partial charge in [0.25, 0.3) is 5.91 Å². The number of carbonyl (C=O) groups excluding carboxylic acids is 3. The van der Waals surface area contributed by atoms with Crippen LogP contribution >= 0.6 is 0 Å². The van der Waals surface area contributed by atoms with Gasteiger partial charge < -0.3 is 16.0 Å². The molecule has 0 saturated carbocycles. The number of nitrogens with one attached hydrogen (secondary N) is 1. The highest BCUT2D eigenvalue weighted by molar-refractivity contribution is 5.97. The Hall–Kier alpha value is -2.37. The highest BCUT2D eigenvalue weighted by atomic mass is 16.2. The van der Waals surface area contributed by atoms with Crippen molar-refractivity contribution in [3.63, 3.8) is 0 Å². The molecule has 2 saturated heterocycles. The Labute approximate surface area is 193 Å². The third-order valence-corrected chi connectivity index (χ3v) is 6.21. The number of primary amides is 1. The molecule has 0 radical (unpaired) electrons. The molecule has 6 heteroatoms. The average Bonchev–Trinajstić information content (AvgIpc) is 3.03. The van der Waals surface area contributed by atoms with Gasteiger partial charge in [-0.1, -0.05) is 57.8 Å². The van der Waals surface area contributed by atoms with E-state index in [4.69, 9.17) is 5.73 Å². The van der Waals surface area contributed by atoms with Crippen LogP contribution in [0.25, 0.3) is 0 Å². The summed E-state index contributed by atoms with van der Waals surface area (Å²) < 4.78 is 0. The van der Waals surface area contributed by atoms with E-state index in [0.717, 1.165) is 51.7 Å². The summed E-state index contributed by atoms with van der Waals surface area (Å²) in [5.41, 5.74) is 6.34. The number of nitrogens with zero attached hydrogens (tertiary/aromatic N) is 1. The van der Waals surface area contributed by atoms with Gasteiger partial charge in [-0.2, -0.15) is 0 Å². The maximum atomic E-state index is 12.8. The fourth-order valence-corrected chi connectivity index (χ4v) is 4.20. The molecule has 6 nitrogen and oxygen atoms in total. The Kier molecular flexibility index (Phi) is 12.5. The lowest BCUT2D eigenvalue weighted by Gasteiger charge is -2.23. The van der Waals surface area contributed by atoms with Crippen molar-refractivity contribution < 1.29 is 14.4 Å². The number of hydrogen-bond donors (Lipinski definition) is 2. The van der Waals surface area contributed by atoms with E-state index in [0.29, 0.717) is 11.1 Å². The molecule has 3 N–H and O–H groups in total.